The maximum Gasteiger partial charge on any atom is 0.463 e. The third kappa shape index (κ3) is 2.37. The Labute approximate surface area is 78.3 Å². The highest BCUT2D eigenvalue weighted by molar-refractivity contribution is 5.20. The van der Waals surface area contributed by atoms with Gasteiger partial charge in [0.25, 0.3) is 0 Å². The number of rotatable bonds is 3. The summed E-state index contributed by atoms with van der Waals surface area (Å²) in [6.45, 7) is 0.0993. The molecule has 0 fully saturated rings. The molecule has 1 nitrogen and oxygen atoms in total. The van der Waals surface area contributed by atoms with Crippen LogP contribution in [0.15, 0.2) is 24.3 Å². The van der Waals surface area contributed by atoms with E-state index in [2.05, 4.69) is 10.8 Å². The summed E-state index contributed by atoms with van der Waals surface area (Å²) >= 11 is 0. The van der Waals surface area contributed by atoms with E-state index < -0.39 is 12.0 Å². The summed E-state index contributed by atoms with van der Waals surface area (Å²) in [6.07, 6.45) is -4.51. The van der Waals surface area contributed by atoms with Crippen LogP contribution in [0.4, 0.5) is 17.6 Å². The van der Waals surface area contributed by atoms with Crippen LogP contribution in [0.5, 0.6) is 5.75 Å². The van der Waals surface area contributed by atoms with Crippen LogP contribution in [0.1, 0.15) is 6.92 Å². The Kier molecular flexibility index (Phi) is 2.69. The zero-order valence-corrected chi connectivity index (χ0v) is 7.23. The van der Waals surface area contributed by atoms with Crippen molar-refractivity contribution in [2.45, 2.75) is 19.0 Å². The molecule has 0 aliphatic heterocycles. The van der Waals surface area contributed by atoms with Crippen molar-refractivity contribution in [1.82, 2.24) is 0 Å². The van der Waals surface area contributed by atoms with Crippen molar-refractivity contribution >= 4 is 0 Å². The molecule has 0 saturated heterocycles. The second kappa shape index (κ2) is 3.48. The Bertz CT molecular complexity index is 291. The van der Waals surface area contributed by atoms with Gasteiger partial charge in [-0.2, -0.15) is 17.6 Å². The van der Waals surface area contributed by atoms with Crippen molar-refractivity contribution in [3.8, 4) is 5.75 Å². The van der Waals surface area contributed by atoms with Crippen LogP contribution in [0.2, 0.25) is 0 Å². The average molecular weight is 207 g/mol. The highest BCUT2D eigenvalue weighted by Crippen LogP contribution is 2.35. The third-order valence-corrected chi connectivity index (χ3v) is 1.44. The zero-order valence-electron chi connectivity index (χ0n) is 7.23. The molecule has 5 heteroatoms. The molecular formula is C9H7F4O. The second-order valence-corrected chi connectivity index (χ2v) is 2.74. The van der Waals surface area contributed by atoms with Crippen LogP contribution < -0.4 is 4.74 Å². The van der Waals surface area contributed by atoms with Gasteiger partial charge in [-0.25, -0.2) is 0 Å². The van der Waals surface area contributed by atoms with Gasteiger partial charge in [-0.15, -0.1) is 0 Å². The van der Waals surface area contributed by atoms with Crippen LogP contribution in [-0.2, 0) is 0 Å². The van der Waals surface area contributed by atoms with E-state index >= 15 is 0 Å². The van der Waals surface area contributed by atoms with Gasteiger partial charge < -0.3 is 4.74 Å². The van der Waals surface area contributed by atoms with Crippen LogP contribution in [0, 0.1) is 6.07 Å². The molecule has 1 aromatic carbocycles. The SMILES string of the molecule is CC(F)(F)C(F)(F)Oc1cc[c]cc1. The maximum absolute atomic E-state index is 12.6. The van der Waals surface area contributed by atoms with Gasteiger partial charge in [-0.1, -0.05) is 12.1 Å². The zero-order chi connectivity index (χ0) is 10.8. The smallest absolute Gasteiger partial charge is 0.428 e. The summed E-state index contributed by atoms with van der Waals surface area (Å²) in [4.78, 5) is 0. The first-order valence-corrected chi connectivity index (χ1v) is 3.74. The molecule has 0 saturated carbocycles. The average Bonchev–Trinajstić information content (AvgIpc) is 2.03. The third-order valence-electron chi connectivity index (χ3n) is 1.44. The van der Waals surface area contributed by atoms with Gasteiger partial charge in [0.1, 0.15) is 5.75 Å². The molecule has 0 bridgehead atoms. The molecule has 14 heavy (non-hydrogen) atoms. The Morgan fingerprint density at radius 1 is 1.14 bits per heavy atom. The lowest BCUT2D eigenvalue weighted by Gasteiger charge is -2.23. The lowest BCUT2D eigenvalue weighted by molar-refractivity contribution is -0.301. The van der Waals surface area contributed by atoms with E-state index in [-0.39, 0.29) is 12.7 Å². The maximum atomic E-state index is 12.6. The van der Waals surface area contributed by atoms with Gasteiger partial charge in [-0.05, 0) is 18.2 Å². The van der Waals surface area contributed by atoms with Gasteiger partial charge in [-0.3, -0.25) is 0 Å². The number of hydrogen-bond acceptors (Lipinski definition) is 1. The highest BCUT2D eigenvalue weighted by Gasteiger charge is 2.55. The molecular weight excluding hydrogens is 200 g/mol. The van der Waals surface area contributed by atoms with Gasteiger partial charge in [0.2, 0.25) is 0 Å². The lowest BCUT2D eigenvalue weighted by atomic mass is 10.3. The fourth-order valence-electron chi connectivity index (χ4n) is 0.677. The monoisotopic (exact) mass is 207 g/mol. The highest BCUT2D eigenvalue weighted by atomic mass is 19.3. The van der Waals surface area contributed by atoms with Gasteiger partial charge in [0.15, 0.2) is 0 Å². The summed E-state index contributed by atoms with van der Waals surface area (Å²) < 4.78 is 53.7. The van der Waals surface area contributed by atoms with E-state index in [1.54, 1.807) is 0 Å². The van der Waals surface area contributed by atoms with Crippen molar-refractivity contribution in [2.24, 2.45) is 0 Å². The van der Waals surface area contributed by atoms with Gasteiger partial charge in [0, 0.05) is 6.92 Å². The Morgan fingerprint density at radius 3 is 2.07 bits per heavy atom. The van der Waals surface area contributed by atoms with E-state index in [4.69, 9.17) is 0 Å². The molecule has 0 N–H and O–H groups in total. The van der Waals surface area contributed by atoms with Crippen molar-refractivity contribution in [3.05, 3.63) is 30.3 Å². The molecule has 0 aliphatic carbocycles. The minimum Gasteiger partial charge on any atom is -0.428 e. The topological polar surface area (TPSA) is 9.23 Å². The van der Waals surface area contributed by atoms with Crippen molar-refractivity contribution in [2.75, 3.05) is 0 Å². The van der Waals surface area contributed by atoms with Crippen LogP contribution in [0.25, 0.3) is 0 Å². The molecule has 0 aromatic heterocycles. The number of benzene rings is 1. The molecule has 0 amide bonds. The second-order valence-electron chi connectivity index (χ2n) is 2.74. The van der Waals surface area contributed by atoms with Gasteiger partial charge >= 0.3 is 12.0 Å². The van der Waals surface area contributed by atoms with Crippen LogP contribution in [-0.4, -0.2) is 12.0 Å². The van der Waals surface area contributed by atoms with E-state index in [1.807, 2.05) is 0 Å². The molecule has 1 radical (unpaired) electrons. The van der Waals surface area contributed by atoms with Crippen LogP contribution >= 0.6 is 0 Å². The first-order valence-electron chi connectivity index (χ1n) is 3.74. The van der Waals surface area contributed by atoms with E-state index in [9.17, 15) is 17.6 Å². The van der Waals surface area contributed by atoms with Crippen molar-refractivity contribution in [1.29, 1.82) is 0 Å². The molecule has 0 aliphatic rings. The molecule has 77 valence electrons. The summed E-state index contributed by atoms with van der Waals surface area (Å²) in [6, 6.07) is 7.38. The normalized spacial score (nSPS) is 12.6. The molecule has 0 spiro atoms. The van der Waals surface area contributed by atoms with E-state index in [0.29, 0.717) is 0 Å². The summed E-state index contributed by atoms with van der Waals surface area (Å²) in [7, 11) is 0. The number of halogens is 4. The molecule has 0 unspecified atom stereocenters. The quantitative estimate of drug-likeness (QED) is 0.692. The molecule has 1 aromatic rings. The fourth-order valence-corrected chi connectivity index (χ4v) is 0.677. The number of alkyl halides is 4. The Balaban J connectivity index is 2.79. The van der Waals surface area contributed by atoms with Crippen LogP contribution in [0.3, 0.4) is 0 Å². The fraction of sp³-hybridized carbons (Fsp3) is 0.333. The first kappa shape index (κ1) is 10.8. The summed E-state index contributed by atoms with van der Waals surface area (Å²) in [5.41, 5.74) is 0. The predicted molar refractivity (Wildman–Crippen MR) is 41.5 cm³/mol. The van der Waals surface area contributed by atoms with E-state index in [0.717, 1.165) is 12.1 Å². The number of ether oxygens (including phenoxy) is 1. The lowest BCUT2D eigenvalue weighted by Crippen LogP contribution is -2.42. The first-order chi connectivity index (χ1) is 6.33. The minimum atomic E-state index is -4.51. The number of hydrogen-bond donors (Lipinski definition) is 0. The molecule has 0 heterocycles. The van der Waals surface area contributed by atoms with Crippen molar-refractivity contribution < 1.29 is 22.3 Å². The predicted octanol–water partition coefficient (Wildman–Crippen LogP) is 3.11. The molecule has 1 rings (SSSR count). The largest absolute Gasteiger partial charge is 0.463 e. The van der Waals surface area contributed by atoms with E-state index in [1.165, 1.54) is 12.1 Å². The van der Waals surface area contributed by atoms with Crippen molar-refractivity contribution in [3.63, 3.8) is 0 Å². The van der Waals surface area contributed by atoms with Gasteiger partial charge in [0.05, 0.1) is 0 Å². The summed E-state index contributed by atoms with van der Waals surface area (Å²) in [5.74, 6) is -4.54. The minimum absolute atomic E-state index is 0.0993. The molecule has 0 atom stereocenters. The Hall–Kier alpha value is -1.26. The standard InChI is InChI=1S/C9H7F4O/c1-8(10,11)9(12,13)14-7-5-3-2-4-6-7/h3-6H,1H3. The Morgan fingerprint density at radius 2 is 1.64 bits per heavy atom. The summed E-state index contributed by atoms with van der Waals surface area (Å²) in [5, 5.41) is 0.